The molecule has 1 aliphatic rings. The molecule has 0 saturated carbocycles. The molecule has 0 radical (unpaired) electrons. The minimum absolute atomic E-state index is 0.702. The molecule has 1 nitrogen and oxygen atoms in total. The van der Waals surface area contributed by atoms with Gasteiger partial charge in [0.2, 0.25) is 0 Å². The van der Waals surface area contributed by atoms with Crippen LogP contribution in [0, 0.1) is 0 Å². The Morgan fingerprint density at radius 1 is 1.35 bits per heavy atom. The van der Waals surface area contributed by atoms with Crippen LogP contribution < -0.4 is 5.32 Å². The zero-order chi connectivity index (χ0) is 11.9. The summed E-state index contributed by atoms with van der Waals surface area (Å²) < 4.78 is 0. The smallest absolute Gasteiger partial charge is 0.0201 e. The predicted molar refractivity (Wildman–Crippen MR) is 77.7 cm³/mol. The molecule has 1 aromatic carbocycles. The van der Waals surface area contributed by atoms with Gasteiger partial charge in [-0.15, -0.1) is 0 Å². The fraction of sp³-hybridized carbons (Fsp3) is 0.600. The Bertz CT molecular complexity index is 306. The first kappa shape index (κ1) is 13.0. The Balaban J connectivity index is 1.84. The summed E-state index contributed by atoms with van der Waals surface area (Å²) in [6, 6.07) is 11.6. The molecule has 1 fully saturated rings. The van der Waals surface area contributed by atoms with Gasteiger partial charge in [-0.25, -0.2) is 0 Å². The van der Waals surface area contributed by atoms with Gasteiger partial charge < -0.3 is 5.32 Å². The molecular formula is C15H23NS. The molecule has 1 aliphatic heterocycles. The Labute approximate surface area is 109 Å². The van der Waals surface area contributed by atoms with Crippen LogP contribution in [0.3, 0.4) is 0 Å². The highest BCUT2D eigenvalue weighted by Gasteiger charge is 2.24. The van der Waals surface area contributed by atoms with Crippen LogP contribution in [0.5, 0.6) is 0 Å². The van der Waals surface area contributed by atoms with Crippen LogP contribution in [-0.4, -0.2) is 23.6 Å². The molecule has 1 heterocycles. The van der Waals surface area contributed by atoms with Gasteiger partial charge in [0.1, 0.15) is 0 Å². The molecular weight excluding hydrogens is 226 g/mol. The van der Waals surface area contributed by atoms with E-state index < -0.39 is 0 Å². The molecule has 94 valence electrons. The molecule has 0 bridgehead atoms. The van der Waals surface area contributed by atoms with Gasteiger partial charge in [0.15, 0.2) is 0 Å². The van der Waals surface area contributed by atoms with E-state index in [9.17, 15) is 0 Å². The second-order valence-corrected chi connectivity index (χ2v) is 6.09. The van der Waals surface area contributed by atoms with Crippen LogP contribution in [0.2, 0.25) is 0 Å². The van der Waals surface area contributed by atoms with Crippen molar-refractivity contribution in [2.45, 2.75) is 43.9 Å². The zero-order valence-corrected chi connectivity index (χ0v) is 11.5. The van der Waals surface area contributed by atoms with Gasteiger partial charge >= 0.3 is 0 Å². The van der Waals surface area contributed by atoms with Crippen LogP contribution in [0.15, 0.2) is 30.3 Å². The maximum atomic E-state index is 3.67. The van der Waals surface area contributed by atoms with Crippen molar-refractivity contribution >= 4 is 11.8 Å². The summed E-state index contributed by atoms with van der Waals surface area (Å²) in [5.74, 6) is 1.36. The number of nitrogens with one attached hydrogen (secondary N) is 1. The summed E-state index contributed by atoms with van der Waals surface area (Å²) >= 11 is 2.16. The Morgan fingerprint density at radius 2 is 2.18 bits per heavy atom. The maximum Gasteiger partial charge on any atom is 0.0201 e. The number of aryl methyl sites for hydroxylation is 1. The Kier molecular flexibility index (Phi) is 5.40. The molecule has 17 heavy (non-hydrogen) atoms. The molecule has 2 atom stereocenters. The van der Waals surface area contributed by atoms with Crippen molar-refractivity contribution in [3.63, 3.8) is 0 Å². The van der Waals surface area contributed by atoms with Crippen LogP contribution in [-0.2, 0) is 6.42 Å². The quantitative estimate of drug-likeness (QED) is 0.828. The summed E-state index contributed by atoms with van der Waals surface area (Å²) in [5.41, 5.74) is 1.47. The van der Waals surface area contributed by atoms with Crippen LogP contribution in [0.1, 0.15) is 31.7 Å². The number of hydrogen-bond donors (Lipinski definition) is 1. The molecule has 2 rings (SSSR count). The molecule has 0 aliphatic carbocycles. The van der Waals surface area contributed by atoms with Crippen molar-refractivity contribution < 1.29 is 0 Å². The average Bonchev–Trinajstić information content (AvgIpc) is 2.89. The van der Waals surface area contributed by atoms with E-state index in [4.69, 9.17) is 0 Å². The van der Waals surface area contributed by atoms with Gasteiger partial charge in [0.05, 0.1) is 0 Å². The third kappa shape index (κ3) is 4.04. The minimum Gasteiger partial charge on any atom is -0.313 e. The standard InChI is InChI=1S/C15H23NS/c1-2-16-14(15-9-6-12-17-15)11-10-13-7-4-3-5-8-13/h3-5,7-8,14-16H,2,6,9-12H2,1H3. The summed E-state index contributed by atoms with van der Waals surface area (Å²) in [5, 5.41) is 4.52. The second kappa shape index (κ2) is 7.07. The van der Waals surface area contributed by atoms with Gasteiger partial charge in [-0.3, -0.25) is 0 Å². The lowest BCUT2D eigenvalue weighted by molar-refractivity contribution is 0.469. The van der Waals surface area contributed by atoms with Crippen LogP contribution >= 0.6 is 11.8 Å². The van der Waals surface area contributed by atoms with Crippen LogP contribution in [0.25, 0.3) is 0 Å². The van der Waals surface area contributed by atoms with Gasteiger partial charge in [0, 0.05) is 11.3 Å². The fourth-order valence-corrected chi connectivity index (χ4v) is 4.00. The van der Waals surface area contributed by atoms with Crippen molar-refractivity contribution in [2.24, 2.45) is 0 Å². The van der Waals surface area contributed by atoms with Crippen molar-refractivity contribution in [1.82, 2.24) is 5.32 Å². The number of thioether (sulfide) groups is 1. The van der Waals surface area contributed by atoms with E-state index in [1.807, 2.05) is 0 Å². The highest BCUT2D eigenvalue weighted by atomic mass is 32.2. The Morgan fingerprint density at radius 3 is 2.82 bits per heavy atom. The van der Waals surface area contributed by atoms with Crippen molar-refractivity contribution in [3.8, 4) is 0 Å². The van der Waals surface area contributed by atoms with Crippen LogP contribution in [0.4, 0.5) is 0 Å². The molecule has 0 spiro atoms. The predicted octanol–water partition coefficient (Wildman–Crippen LogP) is 3.49. The van der Waals surface area contributed by atoms with E-state index >= 15 is 0 Å². The fourth-order valence-electron chi connectivity index (χ4n) is 2.57. The summed E-state index contributed by atoms with van der Waals surface area (Å²) in [7, 11) is 0. The lowest BCUT2D eigenvalue weighted by Gasteiger charge is -2.23. The van der Waals surface area contributed by atoms with E-state index in [0.717, 1.165) is 11.8 Å². The first-order chi connectivity index (χ1) is 8.40. The zero-order valence-electron chi connectivity index (χ0n) is 10.7. The first-order valence-electron chi connectivity index (χ1n) is 6.79. The monoisotopic (exact) mass is 249 g/mol. The minimum atomic E-state index is 0.702. The summed E-state index contributed by atoms with van der Waals surface area (Å²) in [4.78, 5) is 0. The lowest BCUT2D eigenvalue weighted by Crippen LogP contribution is -2.37. The topological polar surface area (TPSA) is 12.0 Å². The van der Waals surface area contributed by atoms with Crippen molar-refractivity contribution in [2.75, 3.05) is 12.3 Å². The molecule has 1 saturated heterocycles. The van der Waals surface area contributed by atoms with E-state index in [1.165, 1.54) is 37.0 Å². The summed E-state index contributed by atoms with van der Waals surface area (Å²) in [6.07, 6.45) is 5.28. The van der Waals surface area contributed by atoms with E-state index in [1.54, 1.807) is 0 Å². The second-order valence-electron chi connectivity index (χ2n) is 4.74. The first-order valence-corrected chi connectivity index (χ1v) is 7.84. The number of hydrogen-bond acceptors (Lipinski definition) is 2. The largest absolute Gasteiger partial charge is 0.313 e. The third-order valence-electron chi connectivity index (χ3n) is 3.47. The normalized spacial score (nSPS) is 21.6. The van der Waals surface area contributed by atoms with E-state index in [-0.39, 0.29) is 0 Å². The lowest BCUT2D eigenvalue weighted by atomic mass is 10.0. The number of rotatable bonds is 6. The van der Waals surface area contributed by atoms with Gasteiger partial charge in [-0.05, 0) is 43.5 Å². The molecule has 2 heteroatoms. The highest BCUT2D eigenvalue weighted by molar-refractivity contribution is 8.00. The Hall–Kier alpha value is -0.470. The molecule has 2 unspecified atom stereocenters. The average molecular weight is 249 g/mol. The molecule has 0 amide bonds. The molecule has 0 aromatic heterocycles. The summed E-state index contributed by atoms with van der Waals surface area (Å²) in [6.45, 7) is 3.31. The van der Waals surface area contributed by atoms with Gasteiger partial charge in [-0.1, -0.05) is 37.3 Å². The molecule has 1 aromatic rings. The molecule has 1 N–H and O–H groups in total. The third-order valence-corrected chi connectivity index (χ3v) is 4.98. The van der Waals surface area contributed by atoms with E-state index in [2.05, 4.69) is 54.3 Å². The van der Waals surface area contributed by atoms with Crippen molar-refractivity contribution in [3.05, 3.63) is 35.9 Å². The highest BCUT2D eigenvalue weighted by Crippen LogP contribution is 2.30. The maximum absolute atomic E-state index is 3.67. The SMILES string of the molecule is CCNC(CCc1ccccc1)C1CCCS1. The van der Waals surface area contributed by atoms with Gasteiger partial charge in [0.25, 0.3) is 0 Å². The number of benzene rings is 1. The van der Waals surface area contributed by atoms with E-state index in [0.29, 0.717) is 6.04 Å². The van der Waals surface area contributed by atoms with Gasteiger partial charge in [-0.2, -0.15) is 11.8 Å². The van der Waals surface area contributed by atoms with Crippen molar-refractivity contribution in [1.29, 1.82) is 0 Å².